The van der Waals surface area contributed by atoms with Crippen LogP contribution in [0.2, 0.25) is 0 Å². The molecular formula is C18H20BrFN2O4S. The van der Waals surface area contributed by atoms with Crippen molar-refractivity contribution >= 4 is 43.2 Å². The van der Waals surface area contributed by atoms with E-state index in [1.807, 2.05) is 0 Å². The summed E-state index contributed by atoms with van der Waals surface area (Å²) in [6.07, 6.45) is 1.42. The lowest BCUT2D eigenvalue weighted by molar-refractivity contribution is -0.116. The smallest absolute Gasteiger partial charge is 0.232 e. The molecule has 1 N–H and O–H groups in total. The minimum atomic E-state index is -3.53. The predicted molar refractivity (Wildman–Crippen MR) is 107 cm³/mol. The van der Waals surface area contributed by atoms with Crippen molar-refractivity contribution in [3.05, 3.63) is 52.8 Å². The van der Waals surface area contributed by atoms with E-state index in [-0.39, 0.29) is 25.1 Å². The summed E-state index contributed by atoms with van der Waals surface area (Å²) >= 11 is 3.15. The van der Waals surface area contributed by atoms with Gasteiger partial charge in [0.25, 0.3) is 0 Å². The van der Waals surface area contributed by atoms with Gasteiger partial charge in [0.05, 0.1) is 24.7 Å². The zero-order valence-electron chi connectivity index (χ0n) is 14.9. The van der Waals surface area contributed by atoms with E-state index in [9.17, 15) is 17.6 Å². The van der Waals surface area contributed by atoms with E-state index < -0.39 is 21.7 Å². The molecule has 0 unspecified atom stereocenters. The monoisotopic (exact) mass is 458 g/mol. The van der Waals surface area contributed by atoms with Crippen LogP contribution in [-0.4, -0.2) is 34.2 Å². The van der Waals surface area contributed by atoms with Gasteiger partial charge in [-0.3, -0.25) is 9.10 Å². The number of hydrogen-bond acceptors (Lipinski definition) is 4. The third-order valence-corrected chi connectivity index (χ3v) is 5.40. The molecule has 0 atom stereocenters. The normalized spacial score (nSPS) is 11.1. The fourth-order valence-electron chi connectivity index (χ4n) is 2.44. The van der Waals surface area contributed by atoms with Gasteiger partial charge in [-0.15, -0.1) is 0 Å². The number of benzene rings is 2. The Balaban J connectivity index is 2.00. The number of carbonyl (C=O) groups excluding carboxylic acids is 1. The van der Waals surface area contributed by atoms with Crippen LogP contribution in [0.25, 0.3) is 0 Å². The fourth-order valence-corrected chi connectivity index (χ4v) is 3.73. The van der Waals surface area contributed by atoms with Crippen LogP contribution in [0.5, 0.6) is 5.75 Å². The maximum absolute atomic E-state index is 13.8. The third-order valence-electron chi connectivity index (χ3n) is 3.71. The molecule has 0 aliphatic heterocycles. The van der Waals surface area contributed by atoms with Crippen molar-refractivity contribution in [1.29, 1.82) is 0 Å². The molecule has 6 nitrogen and oxygen atoms in total. The van der Waals surface area contributed by atoms with Gasteiger partial charge in [-0.2, -0.15) is 0 Å². The van der Waals surface area contributed by atoms with Crippen LogP contribution in [0.1, 0.15) is 12.8 Å². The van der Waals surface area contributed by atoms with Crippen LogP contribution < -0.4 is 14.4 Å². The summed E-state index contributed by atoms with van der Waals surface area (Å²) in [4.78, 5) is 12.0. The summed E-state index contributed by atoms with van der Waals surface area (Å²) in [5.41, 5.74) is 0.534. The van der Waals surface area contributed by atoms with Crippen LogP contribution in [-0.2, 0) is 14.8 Å². The molecule has 2 aromatic carbocycles. The molecule has 0 spiro atoms. The molecule has 0 heterocycles. The second-order valence-corrected chi connectivity index (χ2v) is 8.63. The highest BCUT2D eigenvalue weighted by atomic mass is 79.9. The molecule has 2 rings (SSSR count). The summed E-state index contributed by atoms with van der Waals surface area (Å²) in [5, 5.41) is 2.49. The van der Waals surface area contributed by atoms with Crippen molar-refractivity contribution in [3.63, 3.8) is 0 Å². The molecule has 0 aromatic heterocycles. The Morgan fingerprint density at radius 1 is 1.26 bits per heavy atom. The van der Waals surface area contributed by atoms with Gasteiger partial charge in [-0.25, -0.2) is 12.8 Å². The maximum Gasteiger partial charge on any atom is 0.232 e. The van der Waals surface area contributed by atoms with Crippen LogP contribution in [0.4, 0.5) is 15.8 Å². The Bertz CT molecular complexity index is 921. The lowest BCUT2D eigenvalue weighted by Crippen LogP contribution is -2.31. The highest BCUT2D eigenvalue weighted by molar-refractivity contribution is 9.10. The Kier molecular flexibility index (Phi) is 7.20. The Morgan fingerprint density at radius 3 is 2.63 bits per heavy atom. The standard InChI is InChI=1S/C18H20BrFN2O4S/c1-26-15-6-3-5-14(12-15)22(27(2,24)25)10-4-7-18(23)21-17-9-8-13(19)11-16(17)20/h3,5-6,8-9,11-12H,4,7,10H2,1-2H3,(H,21,23). The van der Waals surface area contributed by atoms with Crippen molar-refractivity contribution in [3.8, 4) is 5.75 Å². The van der Waals surface area contributed by atoms with E-state index in [0.29, 0.717) is 15.9 Å². The molecule has 9 heteroatoms. The molecule has 0 radical (unpaired) electrons. The van der Waals surface area contributed by atoms with Crippen molar-refractivity contribution in [2.24, 2.45) is 0 Å². The molecule has 0 aliphatic rings. The second-order valence-electron chi connectivity index (χ2n) is 5.81. The number of halogens is 2. The maximum atomic E-state index is 13.8. The summed E-state index contributed by atoms with van der Waals surface area (Å²) in [5.74, 6) is -0.410. The van der Waals surface area contributed by atoms with Crippen LogP contribution >= 0.6 is 15.9 Å². The van der Waals surface area contributed by atoms with Crippen molar-refractivity contribution < 1.29 is 22.3 Å². The molecule has 0 saturated heterocycles. The van der Waals surface area contributed by atoms with Gasteiger partial charge in [0.2, 0.25) is 15.9 Å². The number of methoxy groups -OCH3 is 1. The average molecular weight is 459 g/mol. The number of nitrogens with zero attached hydrogens (tertiary/aromatic N) is 1. The van der Waals surface area contributed by atoms with E-state index in [0.717, 1.165) is 6.26 Å². The second kappa shape index (κ2) is 9.18. The van der Waals surface area contributed by atoms with Gasteiger partial charge in [-0.1, -0.05) is 22.0 Å². The summed E-state index contributed by atoms with van der Waals surface area (Å²) in [7, 11) is -2.03. The SMILES string of the molecule is COc1cccc(N(CCCC(=O)Nc2ccc(Br)cc2F)S(C)(=O)=O)c1. The van der Waals surface area contributed by atoms with Crippen LogP contribution in [0, 0.1) is 5.82 Å². The highest BCUT2D eigenvalue weighted by Gasteiger charge is 2.18. The summed E-state index contributed by atoms with van der Waals surface area (Å²) < 4.78 is 44.9. The highest BCUT2D eigenvalue weighted by Crippen LogP contribution is 2.24. The molecule has 2 aromatic rings. The van der Waals surface area contributed by atoms with Gasteiger partial charge in [0.15, 0.2) is 0 Å². The number of rotatable bonds is 8. The third kappa shape index (κ3) is 6.21. The number of ether oxygens (including phenoxy) is 1. The zero-order chi connectivity index (χ0) is 20.0. The van der Waals surface area contributed by atoms with Gasteiger partial charge in [0, 0.05) is 23.5 Å². The average Bonchev–Trinajstić information content (AvgIpc) is 2.60. The Hall–Kier alpha value is -2.13. The molecule has 0 saturated carbocycles. The van der Waals surface area contributed by atoms with Crippen molar-refractivity contribution in [1.82, 2.24) is 0 Å². The van der Waals surface area contributed by atoms with E-state index in [4.69, 9.17) is 4.74 Å². The van der Waals surface area contributed by atoms with Gasteiger partial charge >= 0.3 is 0 Å². The van der Waals surface area contributed by atoms with Gasteiger partial charge in [0.1, 0.15) is 11.6 Å². The Labute approximate surface area is 166 Å². The summed E-state index contributed by atoms with van der Waals surface area (Å²) in [6.45, 7) is 0.113. The first-order chi connectivity index (χ1) is 12.7. The molecule has 0 aliphatic carbocycles. The zero-order valence-corrected chi connectivity index (χ0v) is 17.3. The molecule has 27 heavy (non-hydrogen) atoms. The van der Waals surface area contributed by atoms with E-state index >= 15 is 0 Å². The van der Waals surface area contributed by atoms with Crippen molar-refractivity contribution in [2.45, 2.75) is 12.8 Å². The van der Waals surface area contributed by atoms with Gasteiger partial charge in [-0.05, 0) is 36.8 Å². The lowest BCUT2D eigenvalue weighted by atomic mass is 10.2. The molecular weight excluding hydrogens is 439 g/mol. The number of anilines is 2. The minimum absolute atomic E-state index is 0.0471. The number of sulfonamides is 1. The predicted octanol–water partition coefficient (Wildman–Crippen LogP) is 3.78. The first kappa shape index (κ1) is 21.2. The molecule has 146 valence electrons. The Morgan fingerprint density at radius 2 is 2.00 bits per heavy atom. The first-order valence-corrected chi connectivity index (χ1v) is 10.7. The van der Waals surface area contributed by atoms with E-state index in [1.54, 1.807) is 30.3 Å². The molecule has 1 amide bonds. The fraction of sp³-hybridized carbons (Fsp3) is 0.278. The quantitative estimate of drug-likeness (QED) is 0.652. The summed E-state index contributed by atoms with van der Waals surface area (Å²) in [6, 6.07) is 11.0. The molecule has 0 bridgehead atoms. The van der Waals surface area contributed by atoms with E-state index in [2.05, 4.69) is 21.2 Å². The number of carbonyl (C=O) groups is 1. The van der Waals surface area contributed by atoms with E-state index in [1.165, 1.54) is 23.5 Å². The number of nitrogens with one attached hydrogen (secondary N) is 1. The van der Waals surface area contributed by atoms with Gasteiger partial charge < -0.3 is 10.1 Å². The number of amides is 1. The molecule has 0 fully saturated rings. The van der Waals surface area contributed by atoms with Crippen LogP contribution in [0.15, 0.2) is 46.9 Å². The number of hydrogen-bond donors (Lipinski definition) is 1. The first-order valence-electron chi connectivity index (χ1n) is 8.07. The lowest BCUT2D eigenvalue weighted by Gasteiger charge is -2.22. The van der Waals surface area contributed by atoms with Crippen LogP contribution in [0.3, 0.4) is 0 Å². The van der Waals surface area contributed by atoms with Crippen molar-refractivity contribution in [2.75, 3.05) is 29.5 Å². The minimum Gasteiger partial charge on any atom is -0.497 e. The largest absolute Gasteiger partial charge is 0.497 e. The topological polar surface area (TPSA) is 75.7 Å².